The lowest BCUT2D eigenvalue weighted by Crippen LogP contribution is -2.04. The molecule has 0 amide bonds. The zero-order valence-electron chi connectivity index (χ0n) is 34.0. The molecule has 5 nitrogen and oxygen atoms in total. The molecule has 3 rings (SSSR count). The fraction of sp³-hybridized carbons (Fsp3) is 0.739. The molecule has 0 aliphatic rings. The minimum absolute atomic E-state index is 0.678. The lowest BCUT2D eigenvalue weighted by molar-refractivity contribution is 0.294. The largest absolute Gasteiger partial charge is 0.493 e. The van der Waals surface area contributed by atoms with Gasteiger partial charge in [0, 0.05) is 5.56 Å². The van der Waals surface area contributed by atoms with E-state index in [4.69, 9.17) is 23.4 Å². The van der Waals surface area contributed by atoms with Crippen molar-refractivity contribution < 1.29 is 23.4 Å². The predicted octanol–water partition coefficient (Wildman–Crippen LogP) is 15.2. The van der Waals surface area contributed by atoms with E-state index in [2.05, 4.69) is 47.6 Å². The van der Waals surface area contributed by atoms with Gasteiger partial charge in [0.25, 0.3) is 0 Å². The third-order valence-corrected chi connectivity index (χ3v) is 10.4. The van der Waals surface area contributed by atoms with Crippen LogP contribution < -0.4 is 18.9 Å². The molecule has 0 saturated heterocycles. The van der Waals surface area contributed by atoms with Gasteiger partial charge in [0.1, 0.15) is 11.5 Å². The van der Waals surface area contributed by atoms with E-state index >= 15 is 0 Å². The minimum Gasteiger partial charge on any atom is -0.493 e. The standard InChI is InChI=1S/C46H76O5/c1-7-11-15-19-23-27-33-47-39-31-32-40(48-34-28-24-20-16-12-8-2)45-41(39)42-43(49-35-29-25-21-17-13-9-3)37(5)38(6)44(46(42)51-45)50-36-30-26-22-18-14-10-4/h31-32H,7-30,33-36H2,1-6H3. The zero-order valence-corrected chi connectivity index (χ0v) is 34.0. The van der Waals surface area contributed by atoms with Crippen LogP contribution in [0.15, 0.2) is 16.5 Å². The Balaban J connectivity index is 1.97. The Hall–Kier alpha value is -2.56. The molecule has 0 fully saturated rings. The highest BCUT2D eigenvalue weighted by Crippen LogP contribution is 2.50. The third kappa shape index (κ3) is 14.4. The molecule has 0 spiro atoms. The summed E-state index contributed by atoms with van der Waals surface area (Å²) in [5, 5.41) is 1.93. The first-order valence-corrected chi connectivity index (χ1v) is 21.6. The van der Waals surface area contributed by atoms with Gasteiger partial charge >= 0.3 is 0 Å². The number of ether oxygens (including phenoxy) is 4. The van der Waals surface area contributed by atoms with Gasteiger partial charge in [0.2, 0.25) is 0 Å². The second-order valence-electron chi connectivity index (χ2n) is 14.9. The van der Waals surface area contributed by atoms with Crippen molar-refractivity contribution in [2.75, 3.05) is 26.4 Å². The maximum atomic E-state index is 6.89. The molecule has 0 bridgehead atoms. The van der Waals surface area contributed by atoms with E-state index in [-0.39, 0.29) is 0 Å². The van der Waals surface area contributed by atoms with Gasteiger partial charge < -0.3 is 23.4 Å². The van der Waals surface area contributed by atoms with E-state index < -0.39 is 0 Å². The topological polar surface area (TPSA) is 50.1 Å². The Bertz CT molecular complexity index is 1340. The lowest BCUT2D eigenvalue weighted by atomic mass is 10.0. The molecule has 290 valence electrons. The van der Waals surface area contributed by atoms with Gasteiger partial charge in [-0.3, -0.25) is 0 Å². The zero-order chi connectivity index (χ0) is 36.5. The fourth-order valence-electron chi connectivity index (χ4n) is 7.06. The van der Waals surface area contributed by atoms with Crippen LogP contribution in [-0.2, 0) is 0 Å². The van der Waals surface area contributed by atoms with Crippen LogP contribution in [0.25, 0.3) is 21.9 Å². The Labute approximate surface area is 312 Å². The van der Waals surface area contributed by atoms with Crippen LogP contribution in [0.3, 0.4) is 0 Å². The normalized spacial score (nSPS) is 11.6. The van der Waals surface area contributed by atoms with E-state index in [1.165, 1.54) is 128 Å². The molecule has 0 aliphatic carbocycles. The number of rotatable bonds is 32. The molecular weight excluding hydrogens is 633 g/mol. The van der Waals surface area contributed by atoms with Crippen molar-refractivity contribution in [1.29, 1.82) is 0 Å². The molecular formula is C46H76O5. The smallest absolute Gasteiger partial charge is 0.181 e. The minimum atomic E-state index is 0.678. The first-order chi connectivity index (χ1) is 25.1. The first kappa shape index (κ1) is 42.8. The predicted molar refractivity (Wildman–Crippen MR) is 219 cm³/mol. The number of hydrogen-bond donors (Lipinski definition) is 0. The van der Waals surface area contributed by atoms with Crippen molar-refractivity contribution in [2.24, 2.45) is 0 Å². The van der Waals surface area contributed by atoms with E-state index in [1.54, 1.807) is 0 Å². The quantitative estimate of drug-likeness (QED) is 0.0604. The monoisotopic (exact) mass is 709 g/mol. The van der Waals surface area contributed by atoms with Crippen LogP contribution in [0.5, 0.6) is 23.0 Å². The molecule has 1 aromatic heterocycles. The van der Waals surface area contributed by atoms with Crippen LogP contribution in [0.1, 0.15) is 193 Å². The van der Waals surface area contributed by atoms with Crippen molar-refractivity contribution in [3.63, 3.8) is 0 Å². The molecule has 1 heterocycles. The Morgan fingerprint density at radius 2 is 0.725 bits per heavy atom. The van der Waals surface area contributed by atoms with Gasteiger partial charge in [-0.25, -0.2) is 0 Å². The maximum absolute atomic E-state index is 6.89. The van der Waals surface area contributed by atoms with Gasteiger partial charge in [-0.15, -0.1) is 0 Å². The molecule has 0 unspecified atom stereocenters. The van der Waals surface area contributed by atoms with Crippen LogP contribution in [-0.4, -0.2) is 26.4 Å². The van der Waals surface area contributed by atoms with E-state index in [1.807, 2.05) is 6.07 Å². The number of furan rings is 1. The number of benzene rings is 2. The molecule has 2 aromatic carbocycles. The van der Waals surface area contributed by atoms with E-state index in [0.717, 1.165) is 81.7 Å². The summed E-state index contributed by atoms with van der Waals surface area (Å²) in [7, 11) is 0. The Morgan fingerprint density at radius 1 is 0.373 bits per heavy atom. The second-order valence-corrected chi connectivity index (χ2v) is 14.9. The first-order valence-electron chi connectivity index (χ1n) is 21.6. The highest BCUT2D eigenvalue weighted by atomic mass is 16.5. The van der Waals surface area contributed by atoms with Gasteiger partial charge in [-0.2, -0.15) is 0 Å². The average molecular weight is 709 g/mol. The van der Waals surface area contributed by atoms with Crippen LogP contribution in [0, 0.1) is 13.8 Å². The van der Waals surface area contributed by atoms with Crippen molar-refractivity contribution in [1.82, 2.24) is 0 Å². The Kier molecular flexibility index (Phi) is 22.0. The summed E-state index contributed by atoms with van der Waals surface area (Å²) < 4.78 is 33.4. The van der Waals surface area contributed by atoms with Gasteiger partial charge in [-0.05, 0) is 57.2 Å². The summed E-state index contributed by atoms with van der Waals surface area (Å²) in [5.41, 5.74) is 3.72. The third-order valence-electron chi connectivity index (χ3n) is 10.4. The van der Waals surface area contributed by atoms with E-state index in [9.17, 15) is 0 Å². The maximum Gasteiger partial charge on any atom is 0.181 e. The summed E-state index contributed by atoms with van der Waals surface area (Å²) in [4.78, 5) is 0. The molecule has 5 heteroatoms. The molecule has 0 saturated carbocycles. The van der Waals surface area contributed by atoms with Crippen LogP contribution in [0.4, 0.5) is 0 Å². The van der Waals surface area contributed by atoms with Crippen molar-refractivity contribution in [2.45, 2.75) is 196 Å². The lowest BCUT2D eigenvalue weighted by Gasteiger charge is -2.17. The molecule has 0 N–H and O–H groups in total. The number of unbranched alkanes of at least 4 members (excludes halogenated alkanes) is 20. The highest BCUT2D eigenvalue weighted by molar-refractivity contribution is 6.15. The molecule has 51 heavy (non-hydrogen) atoms. The summed E-state index contributed by atoms with van der Waals surface area (Å²) in [6.45, 7) is 16.1. The van der Waals surface area contributed by atoms with Gasteiger partial charge in [-0.1, -0.05) is 156 Å². The number of hydrogen-bond acceptors (Lipinski definition) is 5. The summed E-state index contributed by atoms with van der Waals surface area (Å²) in [6.07, 6.45) is 29.5. The van der Waals surface area contributed by atoms with Crippen LogP contribution in [0.2, 0.25) is 0 Å². The number of fused-ring (bicyclic) bond motifs is 3. The van der Waals surface area contributed by atoms with Crippen molar-refractivity contribution in [3.05, 3.63) is 23.3 Å². The van der Waals surface area contributed by atoms with Crippen molar-refractivity contribution >= 4 is 21.9 Å². The molecule has 0 aliphatic heterocycles. The van der Waals surface area contributed by atoms with Crippen molar-refractivity contribution in [3.8, 4) is 23.0 Å². The summed E-state index contributed by atoms with van der Waals surface area (Å²) in [6, 6.07) is 4.14. The van der Waals surface area contributed by atoms with Gasteiger partial charge in [0.15, 0.2) is 22.7 Å². The summed E-state index contributed by atoms with van der Waals surface area (Å²) in [5.74, 6) is 3.36. The fourth-order valence-corrected chi connectivity index (χ4v) is 7.06. The Morgan fingerprint density at radius 3 is 1.20 bits per heavy atom. The molecule has 0 radical (unpaired) electrons. The highest BCUT2D eigenvalue weighted by Gasteiger charge is 2.27. The molecule has 0 atom stereocenters. The van der Waals surface area contributed by atoms with Gasteiger partial charge in [0.05, 0.1) is 37.2 Å². The SMILES string of the molecule is CCCCCCCCOc1ccc(OCCCCCCCC)c2c1oc1c(OCCCCCCCC)c(C)c(C)c(OCCCCCCCC)c12. The van der Waals surface area contributed by atoms with E-state index in [0.29, 0.717) is 26.4 Å². The van der Waals surface area contributed by atoms with Crippen LogP contribution >= 0.6 is 0 Å². The second kappa shape index (κ2) is 26.2. The summed E-state index contributed by atoms with van der Waals surface area (Å²) >= 11 is 0. The average Bonchev–Trinajstić information content (AvgIpc) is 3.54. The molecule has 3 aromatic rings.